The van der Waals surface area contributed by atoms with E-state index in [1.165, 1.54) is 0 Å². The standard InChI is InChI=1S/C32H54/c1-25(2,3)21-22(26(4,5)6)31(21,29(13,14)15)19-20-32(30(16,17)18)23(27(7,8)9)24(32)28(10,11)12/h1-18H3. The molecule has 0 amide bonds. The first-order valence-electron chi connectivity index (χ1n) is 12.8. The maximum absolute atomic E-state index is 4.07. The van der Waals surface area contributed by atoms with Gasteiger partial charge >= 0.3 is 0 Å². The fraction of sp³-hybridized carbons (Fsp3) is 0.812. The van der Waals surface area contributed by atoms with Crippen LogP contribution in [0.3, 0.4) is 0 Å². The van der Waals surface area contributed by atoms with E-state index in [1.807, 2.05) is 0 Å². The smallest absolute Gasteiger partial charge is 0.0797 e. The summed E-state index contributed by atoms with van der Waals surface area (Å²) in [6.07, 6.45) is 0. The molecule has 0 N–H and O–H groups in total. The van der Waals surface area contributed by atoms with Crippen molar-refractivity contribution in [3.63, 3.8) is 0 Å². The predicted octanol–water partition coefficient (Wildman–Crippen LogP) is 9.86. The molecule has 0 aromatic carbocycles. The van der Waals surface area contributed by atoms with Crippen molar-refractivity contribution < 1.29 is 0 Å². The van der Waals surface area contributed by atoms with Gasteiger partial charge in [0.2, 0.25) is 0 Å². The Balaban J connectivity index is 2.84. The van der Waals surface area contributed by atoms with E-state index in [0.717, 1.165) is 0 Å². The van der Waals surface area contributed by atoms with Crippen molar-refractivity contribution >= 4 is 0 Å². The van der Waals surface area contributed by atoms with E-state index in [-0.39, 0.29) is 43.3 Å². The van der Waals surface area contributed by atoms with E-state index in [1.54, 1.807) is 22.3 Å². The molecule has 182 valence electrons. The van der Waals surface area contributed by atoms with Gasteiger partial charge in [-0.25, -0.2) is 0 Å². The molecule has 0 spiro atoms. The second kappa shape index (κ2) is 6.80. The van der Waals surface area contributed by atoms with Gasteiger partial charge in [-0.2, -0.15) is 0 Å². The third kappa shape index (κ3) is 3.95. The van der Waals surface area contributed by atoms with Crippen molar-refractivity contribution in [2.75, 3.05) is 0 Å². The summed E-state index contributed by atoms with van der Waals surface area (Å²) in [4.78, 5) is 0. The van der Waals surface area contributed by atoms with Gasteiger partial charge in [0.15, 0.2) is 0 Å². The molecule has 0 unspecified atom stereocenters. The number of rotatable bonds is 0. The van der Waals surface area contributed by atoms with Crippen LogP contribution in [0, 0.1) is 55.2 Å². The summed E-state index contributed by atoms with van der Waals surface area (Å²) in [5, 5.41) is 0. The third-order valence-electron chi connectivity index (χ3n) is 7.56. The van der Waals surface area contributed by atoms with Crippen LogP contribution < -0.4 is 0 Å². The van der Waals surface area contributed by atoms with Gasteiger partial charge in [0.25, 0.3) is 0 Å². The van der Waals surface area contributed by atoms with Crippen LogP contribution in [0.1, 0.15) is 125 Å². The van der Waals surface area contributed by atoms with Gasteiger partial charge in [-0.05, 0) is 54.8 Å². The molecule has 0 bridgehead atoms. The van der Waals surface area contributed by atoms with Crippen molar-refractivity contribution in [1.82, 2.24) is 0 Å². The van der Waals surface area contributed by atoms with E-state index in [0.29, 0.717) is 0 Å². The SMILES string of the molecule is CC(C)(C)C1=C(C(C)(C)C)C1(C#CC1(C(C)(C)C)C(C(C)(C)C)=C1C(C)(C)C)C(C)(C)C. The lowest BCUT2D eigenvalue weighted by atomic mass is 9.64. The maximum Gasteiger partial charge on any atom is 0.0797 e. The minimum absolute atomic E-state index is 0.0585. The molecule has 0 radical (unpaired) electrons. The summed E-state index contributed by atoms with van der Waals surface area (Å²) in [6, 6.07) is 0. The Labute approximate surface area is 202 Å². The molecule has 0 heterocycles. The monoisotopic (exact) mass is 438 g/mol. The van der Waals surface area contributed by atoms with Crippen LogP contribution in [0.25, 0.3) is 0 Å². The molecule has 2 rings (SSSR count). The van der Waals surface area contributed by atoms with Gasteiger partial charge in [0.05, 0.1) is 10.8 Å². The van der Waals surface area contributed by atoms with E-state index in [9.17, 15) is 0 Å². The first-order valence-corrected chi connectivity index (χ1v) is 12.8. The van der Waals surface area contributed by atoms with Crippen molar-refractivity contribution in [3.8, 4) is 11.8 Å². The lowest BCUT2D eigenvalue weighted by molar-refractivity contribution is 0.243. The van der Waals surface area contributed by atoms with Crippen LogP contribution in [-0.4, -0.2) is 0 Å². The summed E-state index contributed by atoms with van der Waals surface area (Å²) in [6.45, 7) is 42.9. The van der Waals surface area contributed by atoms with Crippen LogP contribution in [0.15, 0.2) is 22.3 Å². The zero-order chi connectivity index (χ0) is 25.7. The molecule has 0 atom stereocenters. The molecule has 0 aromatic rings. The van der Waals surface area contributed by atoms with E-state index in [2.05, 4.69) is 136 Å². The minimum atomic E-state index is -0.129. The first-order chi connectivity index (χ1) is 13.7. The summed E-state index contributed by atoms with van der Waals surface area (Å²) in [7, 11) is 0. The second-order valence-corrected chi connectivity index (χ2v) is 16.8. The Morgan fingerprint density at radius 3 is 0.594 bits per heavy atom. The number of hydrogen-bond donors (Lipinski definition) is 0. The molecular weight excluding hydrogens is 384 g/mol. The maximum atomic E-state index is 4.07. The molecule has 0 saturated carbocycles. The van der Waals surface area contributed by atoms with Gasteiger partial charge in [-0.3, -0.25) is 0 Å². The lowest BCUT2D eigenvalue weighted by Gasteiger charge is -2.38. The van der Waals surface area contributed by atoms with Crippen LogP contribution in [-0.2, 0) is 0 Å². The highest BCUT2D eigenvalue weighted by Gasteiger charge is 2.68. The molecule has 2 aliphatic carbocycles. The van der Waals surface area contributed by atoms with Crippen LogP contribution >= 0.6 is 0 Å². The zero-order valence-electron chi connectivity index (χ0n) is 25.0. The van der Waals surface area contributed by atoms with Crippen LogP contribution in [0.2, 0.25) is 0 Å². The third-order valence-corrected chi connectivity index (χ3v) is 7.56. The van der Waals surface area contributed by atoms with Crippen molar-refractivity contribution in [2.24, 2.45) is 43.3 Å². The van der Waals surface area contributed by atoms with Gasteiger partial charge in [0.1, 0.15) is 0 Å². The van der Waals surface area contributed by atoms with Crippen molar-refractivity contribution in [1.29, 1.82) is 0 Å². The molecule has 32 heavy (non-hydrogen) atoms. The quantitative estimate of drug-likeness (QED) is 0.261. The first kappa shape index (κ1) is 27.3. The Bertz CT molecular complexity index is 781. The Hall–Kier alpha value is -0.960. The van der Waals surface area contributed by atoms with E-state index < -0.39 is 0 Å². The summed E-state index contributed by atoms with van der Waals surface area (Å²) < 4.78 is 0. The van der Waals surface area contributed by atoms with Gasteiger partial charge in [-0.15, -0.1) is 0 Å². The van der Waals surface area contributed by atoms with Gasteiger partial charge < -0.3 is 0 Å². The van der Waals surface area contributed by atoms with Crippen LogP contribution in [0.5, 0.6) is 0 Å². The molecule has 0 heteroatoms. The predicted molar refractivity (Wildman–Crippen MR) is 143 cm³/mol. The molecule has 0 fully saturated rings. The van der Waals surface area contributed by atoms with Gasteiger partial charge in [-0.1, -0.05) is 136 Å². The molecule has 2 aliphatic rings. The van der Waals surface area contributed by atoms with Crippen molar-refractivity contribution in [2.45, 2.75) is 125 Å². The number of hydrogen-bond acceptors (Lipinski definition) is 0. The number of allylic oxidation sites excluding steroid dienone is 4. The highest BCUT2D eigenvalue weighted by atomic mass is 14.7. The van der Waals surface area contributed by atoms with Crippen molar-refractivity contribution in [3.05, 3.63) is 22.3 Å². The Morgan fingerprint density at radius 2 is 0.500 bits per heavy atom. The highest BCUT2D eigenvalue weighted by Crippen LogP contribution is 2.75. The van der Waals surface area contributed by atoms with E-state index in [4.69, 9.17) is 0 Å². The van der Waals surface area contributed by atoms with Crippen LogP contribution in [0.4, 0.5) is 0 Å². The molecule has 0 aromatic heterocycles. The largest absolute Gasteiger partial charge is 0.0856 e. The average Bonchev–Trinajstić information content (AvgIpc) is 3.30. The molecule has 0 saturated heterocycles. The average molecular weight is 439 g/mol. The Morgan fingerprint density at radius 1 is 0.344 bits per heavy atom. The Kier molecular flexibility index (Phi) is 5.80. The fourth-order valence-corrected chi connectivity index (χ4v) is 6.62. The molecule has 0 nitrogen and oxygen atoms in total. The normalized spacial score (nSPS) is 21.4. The lowest BCUT2D eigenvalue weighted by Crippen LogP contribution is -2.33. The topological polar surface area (TPSA) is 0 Å². The molecular formula is C32H54. The molecule has 0 aliphatic heterocycles. The summed E-state index contributed by atoms with van der Waals surface area (Å²) in [5.41, 5.74) is 6.67. The zero-order valence-corrected chi connectivity index (χ0v) is 25.0. The van der Waals surface area contributed by atoms with Gasteiger partial charge in [0, 0.05) is 0 Å². The summed E-state index contributed by atoms with van der Waals surface area (Å²) >= 11 is 0. The second-order valence-electron chi connectivity index (χ2n) is 16.8. The highest BCUT2D eigenvalue weighted by molar-refractivity contribution is 5.69. The summed E-state index contributed by atoms with van der Waals surface area (Å²) in [5.74, 6) is 8.14. The fourth-order valence-electron chi connectivity index (χ4n) is 6.62. The minimum Gasteiger partial charge on any atom is -0.0856 e. The van der Waals surface area contributed by atoms with E-state index >= 15 is 0 Å².